The Morgan fingerprint density at radius 2 is 1.89 bits per heavy atom. The molecule has 0 radical (unpaired) electrons. The molecule has 0 aliphatic carbocycles. The molecular formula is C14H26Cl2N2O. The third-order valence-electron chi connectivity index (χ3n) is 3.54. The first-order valence-corrected chi connectivity index (χ1v) is 6.74. The van der Waals surface area contributed by atoms with E-state index in [9.17, 15) is 0 Å². The van der Waals surface area contributed by atoms with Crippen LogP contribution in [0.1, 0.15) is 38.3 Å². The van der Waals surface area contributed by atoms with Crippen LogP contribution in [0.3, 0.4) is 0 Å². The van der Waals surface area contributed by atoms with Crippen LogP contribution in [0.4, 0.5) is 0 Å². The Morgan fingerprint density at radius 1 is 1.21 bits per heavy atom. The van der Waals surface area contributed by atoms with Gasteiger partial charge in [0.15, 0.2) is 0 Å². The molecule has 1 atom stereocenters. The number of piperazine rings is 1. The van der Waals surface area contributed by atoms with Gasteiger partial charge in [-0.05, 0) is 24.8 Å². The van der Waals surface area contributed by atoms with Crippen LogP contribution in [0, 0.1) is 5.92 Å². The molecular weight excluding hydrogens is 283 g/mol. The first-order valence-electron chi connectivity index (χ1n) is 6.74. The summed E-state index contributed by atoms with van der Waals surface area (Å²) in [6.45, 7) is 9.10. The lowest BCUT2D eigenvalue weighted by Crippen LogP contribution is -2.45. The first-order chi connectivity index (χ1) is 8.27. The summed E-state index contributed by atoms with van der Waals surface area (Å²) in [5.74, 6) is 0.771. The summed E-state index contributed by atoms with van der Waals surface area (Å²) in [5.41, 5.74) is 1.34. The van der Waals surface area contributed by atoms with Gasteiger partial charge in [-0.25, -0.2) is 0 Å². The van der Waals surface area contributed by atoms with E-state index in [2.05, 4.69) is 30.1 Å². The lowest BCUT2D eigenvalue weighted by molar-refractivity contribution is 0.159. The summed E-state index contributed by atoms with van der Waals surface area (Å²) < 4.78 is 5.25. The second-order valence-electron chi connectivity index (χ2n) is 5.33. The van der Waals surface area contributed by atoms with E-state index in [1.807, 2.05) is 6.26 Å². The van der Waals surface area contributed by atoms with Crippen LogP contribution in [0.2, 0.25) is 0 Å². The van der Waals surface area contributed by atoms with Gasteiger partial charge in [-0.2, -0.15) is 0 Å². The van der Waals surface area contributed by atoms with Gasteiger partial charge < -0.3 is 9.73 Å². The fourth-order valence-electron chi connectivity index (χ4n) is 2.51. The molecule has 112 valence electrons. The fourth-order valence-corrected chi connectivity index (χ4v) is 2.51. The average molecular weight is 309 g/mol. The number of nitrogens with zero attached hydrogens (tertiary/aromatic N) is 1. The van der Waals surface area contributed by atoms with Gasteiger partial charge in [0.2, 0.25) is 0 Å². The van der Waals surface area contributed by atoms with Gasteiger partial charge in [0, 0.05) is 37.8 Å². The third-order valence-corrected chi connectivity index (χ3v) is 3.54. The number of nitrogens with one attached hydrogen (secondary N) is 1. The maximum atomic E-state index is 5.25. The van der Waals surface area contributed by atoms with Crippen molar-refractivity contribution in [2.45, 2.75) is 32.7 Å². The maximum Gasteiger partial charge on any atom is 0.0950 e. The molecule has 0 saturated carbocycles. The van der Waals surface area contributed by atoms with Crippen LogP contribution in [0.15, 0.2) is 23.0 Å². The zero-order valence-electron chi connectivity index (χ0n) is 11.8. The van der Waals surface area contributed by atoms with E-state index in [0.717, 1.165) is 32.1 Å². The number of halogens is 2. The fraction of sp³-hybridized carbons (Fsp3) is 0.714. The topological polar surface area (TPSA) is 28.4 Å². The Bertz CT molecular complexity index is 311. The van der Waals surface area contributed by atoms with Gasteiger partial charge in [-0.3, -0.25) is 4.90 Å². The summed E-state index contributed by atoms with van der Waals surface area (Å²) in [6.07, 6.45) is 6.21. The molecule has 0 bridgehead atoms. The Kier molecular flexibility index (Phi) is 9.54. The van der Waals surface area contributed by atoms with E-state index in [1.54, 1.807) is 6.26 Å². The molecule has 0 spiro atoms. The van der Waals surface area contributed by atoms with E-state index < -0.39 is 0 Å². The molecule has 2 heterocycles. The van der Waals surface area contributed by atoms with Gasteiger partial charge in [0.25, 0.3) is 0 Å². The normalized spacial score (nSPS) is 17.6. The highest BCUT2D eigenvalue weighted by Crippen LogP contribution is 2.27. The number of hydrogen-bond acceptors (Lipinski definition) is 3. The lowest BCUT2D eigenvalue weighted by atomic mass is 9.97. The minimum atomic E-state index is 0. The zero-order chi connectivity index (χ0) is 12.1. The largest absolute Gasteiger partial charge is 0.472 e. The van der Waals surface area contributed by atoms with Crippen LogP contribution in [-0.2, 0) is 0 Å². The standard InChI is InChI=1S/C14H24N2O.2ClH/c1-12(2)3-4-14(13-5-10-17-11-13)16-8-6-15-7-9-16;;/h5,10-12,14-15H,3-4,6-9H2,1-2H3;2*1H/t14-;;/m0../s1. The molecule has 1 N–H and O–H groups in total. The molecule has 3 nitrogen and oxygen atoms in total. The molecule has 1 saturated heterocycles. The van der Waals surface area contributed by atoms with Crippen molar-refractivity contribution in [3.8, 4) is 0 Å². The van der Waals surface area contributed by atoms with Crippen molar-refractivity contribution in [3.05, 3.63) is 24.2 Å². The van der Waals surface area contributed by atoms with E-state index >= 15 is 0 Å². The minimum Gasteiger partial charge on any atom is -0.472 e. The Labute approximate surface area is 128 Å². The molecule has 5 heteroatoms. The zero-order valence-corrected chi connectivity index (χ0v) is 13.4. The number of rotatable bonds is 5. The molecule has 1 aliphatic rings. The predicted molar refractivity (Wildman–Crippen MR) is 84.5 cm³/mol. The van der Waals surface area contributed by atoms with Crippen molar-refractivity contribution in [3.63, 3.8) is 0 Å². The van der Waals surface area contributed by atoms with Crippen molar-refractivity contribution in [1.82, 2.24) is 10.2 Å². The average Bonchev–Trinajstić information content (AvgIpc) is 2.84. The molecule has 0 aromatic carbocycles. The summed E-state index contributed by atoms with van der Waals surface area (Å²) in [6, 6.07) is 2.66. The van der Waals surface area contributed by atoms with Gasteiger partial charge in [-0.1, -0.05) is 13.8 Å². The SMILES string of the molecule is CC(C)CC[C@@H](c1ccoc1)N1CCNCC1.Cl.Cl. The monoisotopic (exact) mass is 308 g/mol. The van der Waals surface area contributed by atoms with Gasteiger partial charge in [0.05, 0.1) is 12.5 Å². The van der Waals surface area contributed by atoms with Gasteiger partial charge in [-0.15, -0.1) is 24.8 Å². The van der Waals surface area contributed by atoms with Crippen LogP contribution in [-0.4, -0.2) is 31.1 Å². The number of hydrogen-bond donors (Lipinski definition) is 1. The van der Waals surface area contributed by atoms with E-state index in [-0.39, 0.29) is 24.8 Å². The summed E-state index contributed by atoms with van der Waals surface area (Å²) in [5, 5.41) is 3.41. The summed E-state index contributed by atoms with van der Waals surface area (Å²) in [7, 11) is 0. The molecule has 2 rings (SSSR count). The van der Waals surface area contributed by atoms with Crippen LogP contribution < -0.4 is 5.32 Å². The van der Waals surface area contributed by atoms with Crippen LogP contribution in [0.25, 0.3) is 0 Å². The number of furan rings is 1. The second kappa shape index (κ2) is 9.65. The van der Waals surface area contributed by atoms with Crippen LogP contribution >= 0.6 is 24.8 Å². The van der Waals surface area contributed by atoms with Crippen molar-refractivity contribution in [2.75, 3.05) is 26.2 Å². The Balaban J connectivity index is 0.00000162. The molecule has 1 aromatic rings. The molecule has 1 aliphatic heterocycles. The highest BCUT2D eigenvalue weighted by atomic mass is 35.5. The van der Waals surface area contributed by atoms with E-state index in [0.29, 0.717) is 6.04 Å². The predicted octanol–water partition coefficient (Wildman–Crippen LogP) is 3.51. The summed E-state index contributed by atoms with van der Waals surface area (Å²) in [4.78, 5) is 2.59. The Hall–Kier alpha value is -0.220. The molecule has 0 unspecified atom stereocenters. The minimum absolute atomic E-state index is 0. The quantitative estimate of drug-likeness (QED) is 0.902. The van der Waals surface area contributed by atoms with Crippen molar-refractivity contribution in [2.24, 2.45) is 5.92 Å². The van der Waals surface area contributed by atoms with Crippen LogP contribution in [0.5, 0.6) is 0 Å². The third kappa shape index (κ3) is 5.74. The molecule has 1 aromatic heterocycles. The smallest absolute Gasteiger partial charge is 0.0950 e. The molecule has 0 amide bonds. The molecule has 1 fully saturated rings. The highest BCUT2D eigenvalue weighted by molar-refractivity contribution is 5.85. The van der Waals surface area contributed by atoms with Crippen molar-refractivity contribution < 1.29 is 4.42 Å². The summed E-state index contributed by atoms with van der Waals surface area (Å²) >= 11 is 0. The lowest BCUT2D eigenvalue weighted by Gasteiger charge is -2.34. The Morgan fingerprint density at radius 3 is 2.42 bits per heavy atom. The van der Waals surface area contributed by atoms with E-state index in [1.165, 1.54) is 18.4 Å². The molecule has 19 heavy (non-hydrogen) atoms. The van der Waals surface area contributed by atoms with Crippen molar-refractivity contribution in [1.29, 1.82) is 0 Å². The first kappa shape index (κ1) is 18.8. The van der Waals surface area contributed by atoms with Gasteiger partial charge in [0.1, 0.15) is 0 Å². The maximum absolute atomic E-state index is 5.25. The van der Waals surface area contributed by atoms with Gasteiger partial charge >= 0.3 is 0 Å². The van der Waals surface area contributed by atoms with E-state index in [4.69, 9.17) is 4.42 Å². The highest BCUT2D eigenvalue weighted by Gasteiger charge is 2.22. The second-order valence-corrected chi connectivity index (χ2v) is 5.33. The van der Waals surface area contributed by atoms with Crippen molar-refractivity contribution >= 4 is 24.8 Å².